The van der Waals surface area contributed by atoms with Gasteiger partial charge in [0, 0.05) is 0 Å². The van der Waals surface area contributed by atoms with E-state index >= 15 is 0 Å². The Bertz CT molecular complexity index is 724. The molecule has 0 fully saturated rings. The van der Waals surface area contributed by atoms with Crippen molar-refractivity contribution in [2.75, 3.05) is 20.5 Å². The lowest BCUT2D eigenvalue weighted by Gasteiger charge is -2.21. The number of ketones is 1. The van der Waals surface area contributed by atoms with E-state index in [0.29, 0.717) is 0 Å². The quantitative estimate of drug-likeness (QED) is 0.131. The van der Waals surface area contributed by atoms with E-state index in [0.717, 1.165) is 0 Å². The molecule has 0 bridgehead atoms. The summed E-state index contributed by atoms with van der Waals surface area (Å²) < 4.78 is 9.98. The van der Waals surface area contributed by atoms with E-state index in [9.17, 15) is 28.8 Å². The van der Waals surface area contributed by atoms with E-state index in [1.54, 1.807) is 7.05 Å². The first-order chi connectivity index (χ1) is 15.8. The maximum atomic E-state index is 12.5. The number of carbonyl (C=O) groups is 6. The zero-order valence-electron chi connectivity index (χ0n) is 20.8. The molecule has 0 saturated carbocycles. The Kier molecular flexibility index (Phi) is 15.1. The molecule has 0 aliphatic heterocycles. The van der Waals surface area contributed by atoms with Crippen molar-refractivity contribution in [2.45, 2.75) is 72.4 Å². The molecule has 34 heavy (non-hydrogen) atoms. The Morgan fingerprint density at radius 3 is 1.53 bits per heavy atom. The number of carbonyl (C=O) groups excluding carboxylic acids is 6. The molecule has 0 aromatic heterocycles. The summed E-state index contributed by atoms with van der Waals surface area (Å²) in [6.45, 7) is 8.10. The van der Waals surface area contributed by atoms with Crippen molar-refractivity contribution in [3.63, 3.8) is 0 Å². The van der Waals surface area contributed by atoms with E-state index in [-0.39, 0.29) is 43.6 Å². The van der Waals surface area contributed by atoms with E-state index in [1.807, 2.05) is 27.7 Å². The Morgan fingerprint density at radius 1 is 0.706 bits per heavy atom. The minimum absolute atomic E-state index is 0.0189. The second-order valence-corrected chi connectivity index (χ2v) is 8.73. The lowest BCUT2D eigenvalue weighted by molar-refractivity contribution is -0.171. The van der Waals surface area contributed by atoms with Crippen LogP contribution in [-0.4, -0.2) is 68.0 Å². The number of amides is 3. The van der Waals surface area contributed by atoms with Crippen LogP contribution in [0.15, 0.2) is 0 Å². The lowest BCUT2D eigenvalue weighted by Crippen LogP contribution is -2.45. The van der Waals surface area contributed by atoms with Crippen LogP contribution in [0.4, 0.5) is 0 Å². The predicted molar refractivity (Wildman–Crippen MR) is 122 cm³/mol. The summed E-state index contributed by atoms with van der Waals surface area (Å²) in [6.07, 6.45) is -0.318. The van der Waals surface area contributed by atoms with Crippen molar-refractivity contribution in [3.05, 3.63) is 0 Å². The third-order valence-corrected chi connectivity index (χ3v) is 4.25. The number of Topliss-reactive ketones (excluding diaryl/α,β-unsaturated/α-hetero) is 1. The van der Waals surface area contributed by atoms with E-state index in [2.05, 4.69) is 21.3 Å². The fourth-order valence-electron chi connectivity index (χ4n) is 2.83. The van der Waals surface area contributed by atoms with Gasteiger partial charge in [-0.15, -0.1) is 0 Å². The first-order valence-corrected chi connectivity index (χ1v) is 11.2. The molecule has 194 valence electrons. The molecule has 0 aromatic rings. The molecule has 0 aliphatic rings. The highest BCUT2D eigenvalue weighted by molar-refractivity contribution is 5.99. The van der Waals surface area contributed by atoms with Gasteiger partial charge in [0.05, 0.1) is 13.1 Å². The lowest BCUT2D eigenvalue weighted by atomic mass is 10.0. The maximum absolute atomic E-state index is 12.5. The van der Waals surface area contributed by atoms with Crippen molar-refractivity contribution in [2.24, 2.45) is 11.8 Å². The topological polar surface area (TPSA) is 169 Å². The summed E-state index contributed by atoms with van der Waals surface area (Å²) in [5, 5.41) is 10.1. The maximum Gasteiger partial charge on any atom is 0.331 e. The predicted octanol–water partition coefficient (Wildman–Crippen LogP) is -0.246. The van der Waals surface area contributed by atoms with Crippen molar-refractivity contribution in [1.82, 2.24) is 21.3 Å². The molecule has 0 aliphatic carbocycles. The van der Waals surface area contributed by atoms with Crippen LogP contribution in [0.25, 0.3) is 0 Å². The Hall–Kier alpha value is -3.02. The second kappa shape index (κ2) is 16.6. The van der Waals surface area contributed by atoms with Crippen LogP contribution in [0.1, 0.15) is 60.3 Å². The first kappa shape index (κ1) is 31.0. The standard InChI is InChI=1S/C22H38N4O8/c1-13(2)7-16(25-19(29)9-15(5)27)21(31)33-12-34-22(32)17(8-14(3)4)26-20(30)10-18(28)24-11-23-6/h13-14,16-17,23H,7-12H2,1-6H3,(H,24,28)(H,25,29)(H,26,30). The number of esters is 2. The molecule has 0 aromatic carbocycles. The van der Waals surface area contributed by atoms with Crippen LogP contribution < -0.4 is 21.3 Å². The van der Waals surface area contributed by atoms with Gasteiger partial charge in [0.1, 0.15) is 24.3 Å². The van der Waals surface area contributed by atoms with Crippen LogP contribution in [0.3, 0.4) is 0 Å². The van der Waals surface area contributed by atoms with Gasteiger partial charge in [0.15, 0.2) is 0 Å². The molecule has 2 atom stereocenters. The fraction of sp³-hybridized carbons (Fsp3) is 0.727. The van der Waals surface area contributed by atoms with Crippen LogP contribution in [0, 0.1) is 11.8 Å². The molecule has 3 amide bonds. The molecular weight excluding hydrogens is 448 g/mol. The monoisotopic (exact) mass is 486 g/mol. The molecule has 12 heteroatoms. The van der Waals surface area contributed by atoms with Crippen LogP contribution >= 0.6 is 0 Å². The molecular formula is C22H38N4O8. The normalized spacial score (nSPS) is 12.5. The third-order valence-electron chi connectivity index (χ3n) is 4.25. The number of hydrogen-bond acceptors (Lipinski definition) is 9. The van der Waals surface area contributed by atoms with Crippen molar-refractivity contribution >= 4 is 35.4 Å². The van der Waals surface area contributed by atoms with Gasteiger partial charge in [-0.1, -0.05) is 27.7 Å². The van der Waals surface area contributed by atoms with Gasteiger partial charge in [0.25, 0.3) is 0 Å². The first-order valence-electron chi connectivity index (χ1n) is 11.2. The molecule has 0 saturated heterocycles. The van der Waals surface area contributed by atoms with Gasteiger partial charge in [-0.25, -0.2) is 9.59 Å². The van der Waals surface area contributed by atoms with Gasteiger partial charge in [-0.05, 0) is 38.6 Å². The zero-order valence-corrected chi connectivity index (χ0v) is 20.8. The summed E-state index contributed by atoms with van der Waals surface area (Å²) in [6, 6.07) is -2.04. The SMILES string of the molecule is CNCNC(=O)CC(=O)NC(CC(C)C)C(=O)OCOC(=O)C(CC(C)C)NC(=O)CC(C)=O. The minimum Gasteiger partial charge on any atom is -0.426 e. The van der Waals surface area contributed by atoms with Gasteiger partial charge in [0.2, 0.25) is 24.5 Å². The molecule has 2 unspecified atom stereocenters. The Labute approximate surface area is 200 Å². The van der Waals surface area contributed by atoms with E-state index < -0.39 is 55.0 Å². The summed E-state index contributed by atoms with van der Waals surface area (Å²) in [5.41, 5.74) is 0. The summed E-state index contributed by atoms with van der Waals surface area (Å²) in [7, 11) is 1.63. The van der Waals surface area contributed by atoms with Gasteiger partial charge < -0.3 is 30.7 Å². The average molecular weight is 487 g/mol. The number of ether oxygens (including phenoxy) is 2. The molecule has 0 spiro atoms. The number of rotatable bonds is 16. The highest BCUT2D eigenvalue weighted by Gasteiger charge is 2.27. The molecule has 12 nitrogen and oxygen atoms in total. The molecule has 0 heterocycles. The summed E-state index contributed by atoms with van der Waals surface area (Å²) >= 11 is 0. The highest BCUT2D eigenvalue weighted by atomic mass is 16.7. The number of hydrogen-bond donors (Lipinski definition) is 4. The highest BCUT2D eigenvalue weighted by Crippen LogP contribution is 2.09. The summed E-state index contributed by atoms with van der Waals surface area (Å²) in [5.74, 6) is -3.71. The summed E-state index contributed by atoms with van der Waals surface area (Å²) in [4.78, 5) is 71.6. The fourth-order valence-corrected chi connectivity index (χ4v) is 2.83. The Balaban J connectivity index is 4.88. The van der Waals surface area contributed by atoms with E-state index in [1.165, 1.54) is 6.92 Å². The second-order valence-electron chi connectivity index (χ2n) is 8.73. The van der Waals surface area contributed by atoms with Gasteiger partial charge >= 0.3 is 11.9 Å². The number of nitrogens with one attached hydrogen (secondary N) is 4. The van der Waals surface area contributed by atoms with Gasteiger partial charge in [-0.2, -0.15) is 0 Å². The van der Waals surface area contributed by atoms with Gasteiger partial charge in [-0.3, -0.25) is 19.2 Å². The van der Waals surface area contributed by atoms with Crippen LogP contribution in [-0.2, 0) is 38.2 Å². The molecule has 0 rings (SSSR count). The minimum atomic E-state index is -1.04. The van der Waals surface area contributed by atoms with Crippen molar-refractivity contribution < 1.29 is 38.2 Å². The van der Waals surface area contributed by atoms with E-state index in [4.69, 9.17) is 9.47 Å². The largest absolute Gasteiger partial charge is 0.426 e. The van der Waals surface area contributed by atoms with Crippen LogP contribution in [0.5, 0.6) is 0 Å². The molecule has 4 N–H and O–H groups in total. The Morgan fingerprint density at radius 2 is 1.15 bits per heavy atom. The third kappa shape index (κ3) is 14.9. The molecule has 0 radical (unpaired) electrons. The smallest absolute Gasteiger partial charge is 0.331 e. The van der Waals surface area contributed by atoms with Crippen LogP contribution in [0.2, 0.25) is 0 Å². The zero-order chi connectivity index (χ0) is 26.3. The van der Waals surface area contributed by atoms with Crippen molar-refractivity contribution in [1.29, 1.82) is 0 Å². The average Bonchev–Trinajstić information content (AvgIpc) is 2.69. The van der Waals surface area contributed by atoms with Crippen molar-refractivity contribution in [3.8, 4) is 0 Å².